The largest absolute Gasteiger partial charge is 0.381 e. The number of ether oxygens (including phenoxy) is 1. The number of hydrogen-bond acceptors (Lipinski definition) is 2. The van der Waals surface area contributed by atoms with Crippen molar-refractivity contribution in [2.24, 2.45) is 5.92 Å². The lowest BCUT2D eigenvalue weighted by Crippen LogP contribution is -2.39. The second-order valence-corrected chi connectivity index (χ2v) is 3.95. The monoisotopic (exact) mass is 183 g/mol. The topological polar surface area (TPSA) is 29.5 Å². The lowest BCUT2D eigenvalue weighted by Gasteiger charge is -2.28. The van der Waals surface area contributed by atoms with Crippen LogP contribution in [0.4, 0.5) is 0 Å². The molecule has 0 radical (unpaired) electrons. The van der Waals surface area contributed by atoms with Crippen LogP contribution in [0, 0.1) is 5.92 Å². The molecule has 2 heterocycles. The normalized spacial score (nSPS) is 29.2. The molecule has 0 aliphatic carbocycles. The second-order valence-electron chi connectivity index (χ2n) is 3.95. The van der Waals surface area contributed by atoms with Gasteiger partial charge in [0.25, 0.3) is 0 Å². The van der Waals surface area contributed by atoms with Gasteiger partial charge < -0.3 is 9.64 Å². The first kappa shape index (κ1) is 9.00. The van der Waals surface area contributed by atoms with Gasteiger partial charge in [-0.2, -0.15) is 0 Å². The summed E-state index contributed by atoms with van der Waals surface area (Å²) in [4.78, 5) is 13.9. The summed E-state index contributed by atoms with van der Waals surface area (Å²) in [5, 5.41) is 0. The van der Waals surface area contributed by atoms with Crippen molar-refractivity contribution in [3.8, 4) is 0 Å². The van der Waals surface area contributed by atoms with Gasteiger partial charge in [0.15, 0.2) is 0 Å². The molecule has 0 saturated carbocycles. The van der Waals surface area contributed by atoms with Crippen LogP contribution < -0.4 is 0 Å². The molecule has 3 heteroatoms. The molecule has 74 valence electrons. The molecule has 2 aliphatic rings. The van der Waals surface area contributed by atoms with Gasteiger partial charge in [-0.1, -0.05) is 0 Å². The van der Waals surface area contributed by atoms with Crippen LogP contribution in [0.25, 0.3) is 0 Å². The van der Waals surface area contributed by atoms with E-state index in [4.69, 9.17) is 4.74 Å². The van der Waals surface area contributed by atoms with Gasteiger partial charge in [-0.3, -0.25) is 4.79 Å². The lowest BCUT2D eigenvalue weighted by atomic mass is 10.0. The quantitative estimate of drug-likeness (QED) is 0.608. The highest BCUT2D eigenvalue weighted by Crippen LogP contribution is 2.18. The van der Waals surface area contributed by atoms with Crippen molar-refractivity contribution in [3.63, 3.8) is 0 Å². The van der Waals surface area contributed by atoms with Crippen LogP contribution in [0.3, 0.4) is 0 Å². The summed E-state index contributed by atoms with van der Waals surface area (Å²) in [7, 11) is 0. The molecule has 2 rings (SSSR count). The molecule has 0 aromatic carbocycles. The minimum Gasteiger partial charge on any atom is -0.381 e. The van der Waals surface area contributed by atoms with Crippen LogP contribution in [0.2, 0.25) is 0 Å². The van der Waals surface area contributed by atoms with Crippen LogP contribution >= 0.6 is 0 Å². The Morgan fingerprint density at radius 3 is 2.62 bits per heavy atom. The molecule has 13 heavy (non-hydrogen) atoms. The Morgan fingerprint density at radius 1 is 1.23 bits per heavy atom. The molecule has 2 aliphatic heterocycles. The maximum Gasteiger partial charge on any atom is 0.228 e. The van der Waals surface area contributed by atoms with E-state index in [1.54, 1.807) is 0 Å². The predicted octanol–water partition coefficient (Wildman–Crippen LogP) is 1.04. The summed E-state index contributed by atoms with van der Waals surface area (Å²) in [6.07, 6.45) is 4.57. The molecular weight excluding hydrogens is 166 g/mol. The molecule has 2 fully saturated rings. The average molecular weight is 183 g/mol. The van der Waals surface area contributed by atoms with Gasteiger partial charge in [-0.15, -0.1) is 0 Å². The molecule has 2 saturated heterocycles. The van der Waals surface area contributed by atoms with E-state index in [-0.39, 0.29) is 5.92 Å². The maximum absolute atomic E-state index is 11.8. The Balaban J connectivity index is 1.87. The van der Waals surface area contributed by atoms with E-state index < -0.39 is 0 Å². The van der Waals surface area contributed by atoms with Crippen molar-refractivity contribution in [1.29, 1.82) is 0 Å². The molecule has 0 spiro atoms. The van der Waals surface area contributed by atoms with Crippen LogP contribution in [0.15, 0.2) is 0 Å². The van der Waals surface area contributed by atoms with Gasteiger partial charge in [0, 0.05) is 19.7 Å². The standard InChI is InChI=1S/C10H17NO2/c12-10(9-4-7-13-8-9)11-5-2-1-3-6-11/h9H,1-8H2. The number of piperidine rings is 1. The Hall–Kier alpha value is -0.570. The fourth-order valence-corrected chi connectivity index (χ4v) is 2.10. The fourth-order valence-electron chi connectivity index (χ4n) is 2.10. The number of hydrogen-bond donors (Lipinski definition) is 0. The lowest BCUT2D eigenvalue weighted by molar-refractivity contribution is -0.136. The molecule has 0 aromatic rings. The number of carbonyl (C=O) groups is 1. The first-order chi connectivity index (χ1) is 6.38. The van der Waals surface area contributed by atoms with Crippen molar-refractivity contribution < 1.29 is 9.53 Å². The van der Waals surface area contributed by atoms with Crippen molar-refractivity contribution in [1.82, 2.24) is 4.90 Å². The van der Waals surface area contributed by atoms with E-state index in [1.165, 1.54) is 19.3 Å². The second kappa shape index (κ2) is 4.09. The van der Waals surface area contributed by atoms with Gasteiger partial charge in [0.1, 0.15) is 0 Å². The smallest absolute Gasteiger partial charge is 0.228 e. The van der Waals surface area contributed by atoms with Gasteiger partial charge in [0.2, 0.25) is 5.91 Å². The van der Waals surface area contributed by atoms with Crippen LogP contribution in [-0.4, -0.2) is 37.1 Å². The van der Waals surface area contributed by atoms with Gasteiger partial charge in [-0.25, -0.2) is 0 Å². The van der Waals surface area contributed by atoms with Crippen LogP contribution in [0.5, 0.6) is 0 Å². The first-order valence-corrected chi connectivity index (χ1v) is 5.24. The SMILES string of the molecule is O=C(C1CCOC1)N1CCCCC1. The minimum absolute atomic E-state index is 0.165. The van der Waals surface area contributed by atoms with E-state index >= 15 is 0 Å². The van der Waals surface area contributed by atoms with Crippen LogP contribution in [0.1, 0.15) is 25.7 Å². The fraction of sp³-hybridized carbons (Fsp3) is 0.900. The third kappa shape index (κ3) is 2.02. The highest BCUT2D eigenvalue weighted by molar-refractivity contribution is 5.79. The number of likely N-dealkylation sites (tertiary alicyclic amines) is 1. The van der Waals surface area contributed by atoms with Crippen LogP contribution in [-0.2, 0) is 9.53 Å². The molecule has 0 bridgehead atoms. The Morgan fingerprint density at radius 2 is 2.00 bits per heavy atom. The Bertz CT molecular complexity index is 181. The number of carbonyl (C=O) groups excluding carboxylic acids is 1. The third-order valence-corrected chi connectivity index (χ3v) is 2.95. The summed E-state index contributed by atoms with van der Waals surface area (Å²) in [5.74, 6) is 0.496. The van der Waals surface area contributed by atoms with Gasteiger partial charge in [0.05, 0.1) is 12.5 Å². The predicted molar refractivity (Wildman–Crippen MR) is 49.4 cm³/mol. The third-order valence-electron chi connectivity index (χ3n) is 2.95. The van der Waals surface area contributed by atoms with Crippen molar-refractivity contribution in [2.45, 2.75) is 25.7 Å². The number of amides is 1. The van der Waals surface area contributed by atoms with Gasteiger partial charge >= 0.3 is 0 Å². The zero-order valence-corrected chi connectivity index (χ0v) is 8.00. The summed E-state index contributed by atoms with van der Waals surface area (Å²) in [6.45, 7) is 3.35. The summed E-state index contributed by atoms with van der Waals surface area (Å²) >= 11 is 0. The van der Waals surface area contributed by atoms with E-state index in [1.807, 2.05) is 4.90 Å². The Kier molecular flexibility index (Phi) is 2.83. The molecule has 1 unspecified atom stereocenters. The van der Waals surface area contributed by atoms with E-state index in [9.17, 15) is 4.79 Å². The summed E-state index contributed by atoms with van der Waals surface area (Å²) in [5.41, 5.74) is 0. The maximum atomic E-state index is 11.8. The minimum atomic E-state index is 0.165. The number of nitrogens with zero attached hydrogens (tertiary/aromatic N) is 1. The van der Waals surface area contributed by atoms with E-state index in [0.29, 0.717) is 12.5 Å². The molecule has 1 amide bonds. The molecule has 0 aromatic heterocycles. The van der Waals surface area contributed by atoms with E-state index in [0.717, 1.165) is 26.1 Å². The first-order valence-electron chi connectivity index (χ1n) is 5.24. The molecule has 0 N–H and O–H groups in total. The molecular formula is C10H17NO2. The van der Waals surface area contributed by atoms with Crippen molar-refractivity contribution in [2.75, 3.05) is 26.3 Å². The van der Waals surface area contributed by atoms with Gasteiger partial charge in [-0.05, 0) is 25.7 Å². The summed E-state index contributed by atoms with van der Waals surface area (Å²) in [6, 6.07) is 0. The average Bonchev–Trinajstić information content (AvgIpc) is 2.71. The van der Waals surface area contributed by atoms with Crippen molar-refractivity contribution >= 4 is 5.91 Å². The summed E-state index contributed by atoms with van der Waals surface area (Å²) < 4.78 is 5.22. The highest BCUT2D eigenvalue weighted by Gasteiger charge is 2.28. The van der Waals surface area contributed by atoms with E-state index in [2.05, 4.69) is 0 Å². The molecule has 1 atom stereocenters. The highest BCUT2D eigenvalue weighted by atomic mass is 16.5. The zero-order chi connectivity index (χ0) is 9.10. The number of rotatable bonds is 1. The molecule has 3 nitrogen and oxygen atoms in total. The zero-order valence-electron chi connectivity index (χ0n) is 8.00. The van der Waals surface area contributed by atoms with Crippen molar-refractivity contribution in [3.05, 3.63) is 0 Å². The Labute approximate surface area is 79.0 Å².